The van der Waals surface area contributed by atoms with Crippen molar-refractivity contribution in [2.45, 2.75) is 50.7 Å². The average molecular weight is 287 g/mol. The summed E-state index contributed by atoms with van der Waals surface area (Å²) in [7, 11) is 0. The van der Waals surface area contributed by atoms with E-state index in [9.17, 15) is 10.2 Å². The Morgan fingerprint density at radius 1 is 1.30 bits per heavy atom. The Bertz CT molecular complexity index is 263. The van der Waals surface area contributed by atoms with Crippen LogP contribution in [0.5, 0.6) is 0 Å². The van der Waals surface area contributed by atoms with Crippen LogP contribution < -0.4 is 5.32 Å². The number of aliphatic hydroxyl groups excluding tert-OH is 2. The maximum atomic E-state index is 9.86. The Balaban J connectivity index is 1.52. The van der Waals surface area contributed by atoms with Crippen LogP contribution in [0.2, 0.25) is 0 Å². The Kier molecular flexibility index (Phi) is 6.71. The van der Waals surface area contributed by atoms with E-state index in [1.807, 2.05) is 0 Å². The molecule has 5 nitrogen and oxygen atoms in total. The minimum atomic E-state index is -0.492. The SMILES string of the molecule is OCC1(CNCC(O)COCC2CCCO2)CCCC1. The molecule has 0 aromatic carbocycles. The Morgan fingerprint density at radius 3 is 2.75 bits per heavy atom. The van der Waals surface area contributed by atoms with E-state index >= 15 is 0 Å². The Hall–Kier alpha value is -0.200. The van der Waals surface area contributed by atoms with Gasteiger partial charge in [0.05, 0.1) is 25.4 Å². The first-order chi connectivity index (χ1) is 9.74. The van der Waals surface area contributed by atoms with Gasteiger partial charge < -0.3 is 25.0 Å². The van der Waals surface area contributed by atoms with Crippen molar-refractivity contribution < 1.29 is 19.7 Å². The molecule has 118 valence electrons. The lowest BCUT2D eigenvalue weighted by molar-refractivity contribution is -0.0172. The third-order valence-corrected chi connectivity index (χ3v) is 4.52. The monoisotopic (exact) mass is 287 g/mol. The van der Waals surface area contributed by atoms with Crippen LogP contribution >= 0.6 is 0 Å². The number of hydrogen-bond donors (Lipinski definition) is 3. The van der Waals surface area contributed by atoms with Crippen LogP contribution in [0, 0.1) is 5.41 Å². The standard InChI is InChI=1S/C15H29NO4/c17-12-15(5-1-2-6-15)11-16-8-13(18)9-19-10-14-4-3-7-20-14/h13-14,16-18H,1-12H2. The summed E-state index contributed by atoms with van der Waals surface area (Å²) < 4.78 is 11.0. The quantitative estimate of drug-likeness (QED) is 0.582. The molecule has 0 spiro atoms. The van der Waals surface area contributed by atoms with Crippen molar-refractivity contribution in [3.63, 3.8) is 0 Å². The van der Waals surface area contributed by atoms with Gasteiger partial charge in [0.15, 0.2) is 0 Å². The van der Waals surface area contributed by atoms with Gasteiger partial charge in [0, 0.05) is 31.7 Å². The van der Waals surface area contributed by atoms with Crippen LogP contribution in [-0.4, -0.2) is 61.9 Å². The van der Waals surface area contributed by atoms with Gasteiger partial charge in [0.25, 0.3) is 0 Å². The van der Waals surface area contributed by atoms with E-state index in [-0.39, 0.29) is 18.1 Å². The molecule has 2 atom stereocenters. The first-order valence-corrected chi connectivity index (χ1v) is 7.93. The van der Waals surface area contributed by atoms with Crippen molar-refractivity contribution in [1.82, 2.24) is 5.32 Å². The maximum Gasteiger partial charge on any atom is 0.0897 e. The van der Waals surface area contributed by atoms with Crippen LogP contribution in [-0.2, 0) is 9.47 Å². The summed E-state index contributed by atoms with van der Waals surface area (Å²) in [5.41, 5.74) is 0.0399. The van der Waals surface area contributed by atoms with Crippen LogP contribution in [0.15, 0.2) is 0 Å². The highest BCUT2D eigenvalue weighted by Gasteiger charge is 2.32. The van der Waals surface area contributed by atoms with E-state index in [2.05, 4.69) is 5.32 Å². The number of nitrogens with one attached hydrogen (secondary N) is 1. The molecule has 1 aliphatic heterocycles. The van der Waals surface area contributed by atoms with Gasteiger partial charge in [-0.3, -0.25) is 0 Å². The molecule has 2 unspecified atom stereocenters. The third kappa shape index (κ3) is 4.97. The fourth-order valence-corrected chi connectivity index (χ4v) is 3.19. The lowest BCUT2D eigenvalue weighted by Gasteiger charge is -2.27. The van der Waals surface area contributed by atoms with E-state index in [4.69, 9.17) is 9.47 Å². The second-order valence-electron chi connectivity index (χ2n) is 6.32. The van der Waals surface area contributed by atoms with Crippen LogP contribution in [0.4, 0.5) is 0 Å². The molecule has 1 heterocycles. The van der Waals surface area contributed by atoms with Crippen molar-refractivity contribution in [3.8, 4) is 0 Å². The molecule has 0 aromatic heterocycles. The van der Waals surface area contributed by atoms with Gasteiger partial charge in [-0.15, -0.1) is 0 Å². The number of ether oxygens (including phenoxy) is 2. The largest absolute Gasteiger partial charge is 0.396 e. The first kappa shape index (κ1) is 16.2. The fourth-order valence-electron chi connectivity index (χ4n) is 3.19. The summed E-state index contributed by atoms with van der Waals surface area (Å²) in [6, 6.07) is 0. The zero-order chi connectivity index (χ0) is 14.3. The van der Waals surface area contributed by atoms with Crippen LogP contribution in [0.3, 0.4) is 0 Å². The van der Waals surface area contributed by atoms with E-state index in [1.165, 1.54) is 12.8 Å². The highest BCUT2D eigenvalue weighted by Crippen LogP contribution is 2.36. The van der Waals surface area contributed by atoms with Crippen LogP contribution in [0.25, 0.3) is 0 Å². The molecule has 1 saturated carbocycles. The molecule has 3 N–H and O–H groups in total. The summed E-state index contributed by atoms with van der Waals surface area (Å²) in [4.78, 5) is 0. The topological polar surface area (TPSA) is 71.0 Å². The van der Waals surface area contributed by atoms with Gasteiger partial charge in [0.2, 0.25) is 0 Å². The molecule has 1 saturated heterocycles. The van der Waals surface area contributed by atoms with E-state index in [0.29, 0.717) is 19.8 Å². The van der Waals surface area contributed by atoms with Gasteiger partial charge in [-0.05, 0) is 25.7 Å². The molecular formula is C15H29NO4. The Morgan fingerprint density at radius 2 is 2.10 bits per heavy atom. The predicted octanol–water partition coefficient (Wildman–Crippen LogP) is 0.685. The van der Waals surface area contributed by atoms with Gasteiger partial charge in [-0.25, -0.2) is 0 Å². The van der Waals surface area contributed by atoms with Crippen molar-refractivity contribution in [1.29, 1.82) is 0 Å². The molecule has 0 bridgehead atoms. The summed E-state index contributed by atoms with van der Waals surface area (Å²) in [6.45, 7) is 3.31. The first-order valence-electron chi connectivity index (χ1n) is 7.93. The molecule has 2 rings (SSSR count). The predicted molar refractivity (Wildman–Crippen MR) is 76.7 cm³/mol. The highest BCUT2D eigenvalue weighted by molar-refractivity contribution is 4.86. The molecule has 0 radical (unpaired) electrons. The molecular weight excluding hydrogens is 258 g/mol. The van der Waals surface area contributed by atoms with Gasteiger partial charge in [-0.1, -0.05) is 12.8 Å². The fraction of sp³-hybridized carbons (Fsp3) is 1.00. The number of rotatable bonds is 9. The highest BCUT2D eigenvalue weighted by atomic mass is 16.5. The lowest BCUT2D eigenvalue weighted by Crippen LogP contribution is -2.39. The maximum absolute atomic E-state index is 9.86. The van der Waals surface area contributed by atoms with Crippen molar-refractivity contribution in [3.05, 3.63) is 0 Å². The van der Waals surface area contributed by atoms with Gasteiger partial charge in [-0.2, -0.15) is 0 Å². The smallest absolute Gasteiger partial charge is 0.0897 e. The molecule has 2 aliphatic rings. The molecule has 0 aromatic rings. The third-order valence-electron chi connectivity index (χ3n) is 4.52. The Labute approximate surface area is 121 Å². The minimum absolute atomic E-state index is 0.0399. The summed E-state index contributed by atoms with van der Waals surface area (Å²) in [5, 5.41) is 22.6. The van der Waals surface area contributed by atoms with E-state index < -0.39 is 6.10 Å². The van der Waals surface area contributed by atoms with E-state index in [0.717, 1.165) is 38.8 Å². The second kappa shape index (κ2) is 8.29. The van der Waals surface area contributed by atoms with Crippen molar-refractivity contribution in [2.24, 2.45) is 5.41 Å². The average Bonchev–Trinajstić information content (AvgIpc) is 3.10. The molecule has 2 fully saturated rings. The number of hydrogen-bond acceptors (Lipinski definition) is 5. The van der Waals surface area contributed by atoms with Crippen molar-refractivity contribution >= 4 is 0 Å². The second-order valence-corrected chi connectivity index (χ2v) is 6.32. The van der Waals surface area contributed by atoms with Crippen LogP contribution in [0.1, 0.15) is 38.5 Å². The van der Waals surface area contributed by atoms with Gasteiger partial charge >= 0.3 is 0 Å². The summed E-state index contributed by atoms with van der Waals surface area (Å²) in [5.74, 6) is 0. The van der Waals surface area contributed by atoms with Crippen molar-refractivity contribution in [2.75, 3.05) is 39.5 Å². The van der Waals surface area contributed by atoms with E-state index in [1.54, 1.807) is 0 Å². The lowest BCUT2D eigenvalue weighted by atomic mass is 9.87. The molecule has 0 amide bonds. The van der Waals surface area contributed by atoms with Gasteiger partial charge in [0.1, 0.15) is 0 Å². The zero-order valence-electron chi connectivity index (χ0n) is 12.4. The number of aliphatic hydroxyl groups is 2. The summed E-state index contributed by atoms with van der Waals surface area (Å²) >= 11 is 0. The minimum Gasteiger partial charge on any atom is -0.396 e. The molecule has 20 heavy (non-hydrogen) atoms. The zero-order valence-corrected chi connectivity index (χ0v) is 12.4. The molecule has 1 aliphatic carbocycles. The summed E-state index contributed by atoms with van der Waals surface area (Å²) in [6.07, 6.45) is 6.48. The molecule has 5 heteroatoms. The normalized spacial score (nSPS) is 27.0.